The second-order valence-corrected chi connectivity index (χ2v) is 4.99. The Labute approximate surface area is 98.9 Å². The van der Waals surface area contributed by atoms with Gasteiger partial charge in [-0.25, -0.2) is 13.2 Å². The average Bonchev–Trinajstić information content (AvgIpc) is 2.26. The first-order valence-electron chi connectivity index (χ1n) is 4.47. The molecule has 90 valence electrons. The molecule has 1 aromatic rings. The molecule has 0 amide bonds. The third-order valence-electron chi connectivity index (χ3n) is 1.85. The van der Waals surface area contributed by atoms with Crippen molar-refractivity contribution in [1.82, 2.24) is 0 Å². The van der Waals surface area contributed by atoms with Gasteiger partial charge < -0.3 is 4.74 Å². The van der Waals surface area contributed by atoms with Crippen molar-refractivity contribution in [3.63, 3.8) is 0 Å². The van der Waals surface area contributed by atoms with E-state index < -0.39 is 16.0 Å². The molecule has 0 bridgehead atoms. The zero-order valence-electron chi connectivity index (χ0n) is 9.22. The molecule has 0 spiro atoms. The molecule has 6 nitrogen and oxygen atoms in total. The van der Waals surface area contributed by atoms with Crippen molar-refractivity contribution in [1.29, 1.82) is 5.26 Å². The molecule has 17 heavy (non-hydrogen) atoms. The molecule has 1 N–H and O–H groups in total. The standard InChI is InChI=1S/C10H10N2O4S/c1-16-10(13)8-5-7(6-11)3-4-9(8)12-17(2,14)15/h3-5,12H,1-2H3. The Bertz CT molecular complexity index is 587. The Morgan fingerprint density at radius 3 is 2.59 bits per heavy atom. The number of benzene rings is 1. The van der Waals surface area contributed by atoms with Gasteiger partial charge in [0, 0.05) is 0 Å². The summed E-state index contributed by atoms with van der Waals surface area (Å²) in [6.45, 7) is 0. The molecule has 0 radical (unpaired) electrons. The van der Waals surface area contributed by atoms with E-state index in [9.17, 15) is 13.2 Å². The van der Waals surface area contributed by atoms with E-state index in [0.29, 0.717) is 0 Å². The average molecular weight is 254 g/mol. The lowest BCUT2D eigenvalue weighted by Crippen LogP contribution is -2.14. The Kier molecular flexibility index (Phi) is 3.70. The SMILES string of the molecule is COC(=O)c1cc(C#N)ccc1NS(C)(=O)=O. The molecule has 0 fully saturated rings. The van der Waals surface area contributed by atoms with Crippen molar-refractivity contribution in [2.24, 2.45) is 0 Å². The lowest BCUT2D eigenvalue weighted by atomic mass is 10.1. The van der Waals surface area contributed by atoms with Gasteiger partial charge in [0.15, 0.2) is 0 Å². The van der Waals surface area contributed by atoms with E-state index in [1.807, 2.05) is 6.07 Å². The minimum absolute atomic E-state index is 0.00280. The summed E-state index contributed by atoms with van der Waals surface area (Å²) in [5.41, 5.74) is 0.319. The quantitative estimate of drug-likeness (QED) is 0.801. The van der Waals surface area contributed by atoms with Crippen LogP contribution in [0.2, 0.25) is 0 Å². The number of nitrogens with zero attached hydrogens (tertiary/aromatic N) is 1. The molecule has 1 rings (SSSR count). The van der Waals surface area contributed by atoms with E-state index in [2.05, 4.69) is 9.46 Å². The number of methoxy groups -OCH3 is 1. The van der Waals surface area contributed by atoms with E-state index in [-0.39, 0.29) is 16.8 Å². The second-order valence-electron chi connectivity index (χ2n) is 3.24. The number of sulfonamides is 1. The highest BCUT2D eigenvalue weighted by atomic mass is 32.2. The third kappa shape index (κ3) is 3.46. The largest absolute Gasteiger partial charge is 0.465 e. The van der Waals surface area contributed by atoms with Crippen LogP contribution in [-0.4, -0.2) is 27.8 Å². The van der Waals surface area contributed by atoms with Gasteiger partial charge in [0.1, 0.15) is 0 Å². The maximum atomic E-state index is 11.4. The van der Waals surface area contributed by atoms with Crippen molar-refractivity contribution in [2.45, 2.75) is 0 Å². The predicted molar refractivity (Wildman–Crippen MR) is 61.0 cm³/mol. The van der Waals surface area contributed by atoms with Crippen LogP contribution in [0.5, 0.6) is 0 Å². The minimum atomic E-state index is -3.50. The van der Waals surface area contributed by atoms with Crippen LogP contribution in [0.1, 0.15) is 15.9 Å². The van der Waals surface area contributed by atoms with Gasteiger partial charge in [-0.2, -0.15) is 5.26 Å². The Morgan fingerprint density at radius 2 is 2.12 bits per heavy atom. The fourth-order valence-electron chi connectivity index (χ4n) is 1.18. The van der Waals surface area contributed by atoms with Crippen molar-refractivity contribution in [3.8, 4) is 6.07 Å². The van der Waals surface area contributed by atoms with Crippen LogP contribution in [0.3, 0.4) is 0 Å². The number of ether oxygens (including phenoxy) is 1. The summed E-state index contributed by atoms with van der Waals surface area (Å²) < 4.78 is 28.9. The fourth-order valence-corrected chi connectivity index (χ4v) is 1.76. The zero-order valence-corrected chi connectivity index (χ0v) is 10.0. The third-order valence-corrected chi connectivity index (χ3v) is 2.44. The van der Waals surface area contributed by atoms with Gasteiger partial charge in [-0.1, -0.05) is 0 Å². The first kappa shape index (κ1) is 13.0. The molecule has 0 heterocycles. The van der Waals surface area contributed by atoms with Crippen LogP contribution in [-0.2, 0) is 14.8 Å². The van der Waals surface area contributed by atoms with E-state index in [1.165, 1.54) is 25.3 Å². The van der Waals surface area contributed by atoms with Crippen molar-refractivity contribution < 1.29 is 17.9 Å². The van der Waals surface area contributed by atoms with Crippen LogP contribution in [0, 0.1) is 11.3 Å². The summed E-state index contributed by atoms with van der Waals surface area (Å²) in [4.78, 5) is 11.4. The smallest absolute Gasteiger partial charge is 0.340 e. The maximum Gasteiger partial charge on any atom is 0.340 e. The molecule has 0 atom stereocenters. The van der Waals surface area contributed by atoms with Crippen LogP contribution in [0.15, 0.2) is 18.2 Å². The molecule has 0 saturated heterocycles. The number of nitrogens with one attached hydrogen (secondary N) is 1. The van der Waals surface area contributed by atoms with Gasteiger partial charge in [-0.15, -0.1) is 0 Å². The fraction of sp³-hybridized carbons (Fsp3) is 0.200. The number of hydrogen-bond donors (Lipinski definition) is 1. The van der Waals surface area contributed by atoms with Gasteiger partial charge in [0.2, 0.25) is 10.0 Å². The van der Waals surface area contributed by atoms with Crippen LogP contribution in [0.25, 0.3) is 0 Å². The molecule has 7 heteroatoms. The van der Waals surface area contributed by atoms with Gasteiger partial charge >= 0.3 is 5.97 Å². The number of carbonyl (C=O) groups is 1. The number of anilines is 1. The summed E-state index contributed by atoms with van der Waals surface area (Å²) in [6.07, 6.45) is 0.965. The first-order valence-corrected chi connectivity index (χ1v) is 6.37. The number of hydrogen-bond acceptors (Lipinski definition) is 5. The molecule has 0 aromatic heterocycles. The highest BCUT2D eigenvalue weighted by Gasteiger charge is 2.15. The molecule has 0 aliphatic carbocycles. The van der Waals surface area contributed by atoms with Crippen LogP contribution >= 0.6 is 0 Å². The molecule has 0 saturated carbocycles. The van der Waals surface area contributed by atoms with Crippen LogP contribution in [0.4, 0.5) is 5.69 Å². The van der Waals surface area contributed by atoms with E-state index in [0.717, 1.165) is 6.26 Å². The van der Waals surface area contributed by atoms with E-state index >= 15 is 0 Å². The molecule has 0 aliphatic heterocycles. The highest BCUT2D eigenvalue weighted by molar-refractivity contribution is 7.92. The maximum absolute atomic E-state index is 11.4. The summed E-state index contributed by atoms with van der Waals surface area (Å²) >= 11 is 0. The van der Waals surface area contributed by atoms with Crippen LogP contribution < -0.4 is 4.72 Å². The summed E-state index contributed by atoms with van der Waals surface area (Å²) in [5.74, 6) is -0.715. The highest BCUT2D eigenvalue weighted by Crippen LogP contribution is 2.19. The molecular weight excluding hydrogens is 244 g/mol. The lowest BCUT2D eigenvalue weighted by Gasteiger charge is -2.09. The van der Waals surface area contributed by atoms with Gasteiger partial charge in [-0.3, -0.25) is 4.72 Å². The minimum Gasteiger partial charge on any atom is -0.465 e. The van der Waals surface area contributed by atoms with Crippen molar-refractivity contribution in [3.05, 3.63) is 29.3 Å². The number of rotatable bonds is 3. The van der Waals surface area contributed by atoms with Gasteiger partial charge in [0.25, 0.3) is 0 Å². The molecule has 0 unspecified atom stereocenters. The summed E-state index contributed by atoms with van der Waals surface area (Å²) in [6, 6.07) is 5.86. The Morgan fingerprint density at radius 1 is 1.47 bits per heavy atom. The first-order chi connectivity index (χ1) is 7.87. The van der Waals surface area contributed by atoms with Crippen molar-refractivity contribution in [2.75, 3.05) is 18.1 Å². The monoisotopic (exact) mass is 254 g/mol. The Balaban J connectivity index is 3.31. The molecule has 1 aromatic carbocycles. The molecule has 0 aliphatic rings. The van der Waals surface area contributed by atoms with E-state index in [1.54, 1.807) is 0 Å². The topological polar surface area (TPSA) is 96.3 Å². The lowest BCUT2D eigenvalue weighted by molar-refractivity contribution is 0.0602. The van der Waals surface area contributed by atoms with Gasteiger partial charge in [-0.05, 0) is 18.2 Å². The number of esters is 1. The second kappa shape index (κ2) is 4.84. The number of nitriles is 1. The number of carbonyl (C=O) groups excluding carboxylic acids is 1. The van der Waals surface area contributed by atoms with E-state index in [4.69, 9.17) is 5.26 Å². The Hall–Kier alpha value is -2.07. The van der Waals surface area contributed by atoms with Crippen molar-refractivity contribution >= 4 is 21.7 Å². The summed E-state index contributed by atoms with van der Waals surface area (Å²) in [7, 11) is -2.33. The zero-order chi connectivity index (χ0) is 13.1. The molecular formula is C10H10N2O4S. The summed E-state index contributed by atoms with van der Waals surface area (Å²) in [5, 5.41) is 8.70. The van der Waals surface area contributed by atoms with Gasteiger partial charge in [0.05, 0.1) is 36.2 Å². The predicted octanol–water partition coefficient (Wildman–Crippen LogP) is 0.716. The normalized spacial score (nSPS) is 10.4.